The lowest BCUT2D eigenvalue weighted by molar-refractivity contribution is -0.120. The molecule has 2 aromatic rings. The van der Waals surface area contributed by atoms with E-state index in [0.29, 0.717) is 12.8 Å². The van der Waals surface area contributed by atoms with Gasteiger partial charge in [0.05, 0.1) is 0 Å². The molecule has 33 heavy (non-hydrogen) atoms. The van der Waals surface area contributed by atoms with Crippen molar-refractivity contribution in [2.75, 3.05) is 56.5 Å². The first-order valence-corrected chi connectivity index (χ1v) is 12.8. The van der Waals surface area contributed by atoms with Crippen LogP contribution in [0, 0.1) is 18.7 Å². The molecule has 0 spiro atoms. The lowest BCUT2D eigenvalue weighted by Gasteiger charge is -2.34. The molecule has 9 heteroatoms. The van der Waals surface area contributed by atoms with Crippen LogP contribution in [0.2, 0.25) is 0 Å². The Morgan fingerprint density at radius 1 is 1.00 bits per heavy atom. The second-order valence-electron chi connectivity index (χ2n) is 8.89. The zero-order chi connectivity index (χ0) is 23.6. The number of benzene rings is 2. The van der Waals surface area contributed by atoms with Gasteiger partial charge < -0.3 is 15.1 Å². The average molecular weight is 475 g/mol. The Kier molecular flexibility index (Phi) is 7.02. The molecule has 1 amide bonds. The maximum absolute atomic E-state index is 14.0. The van der Waals surface area contributed by atoms with Crippen molar-refractivity contribution in [2.24, 2.45) is 5.92 Å². The Labute approximate surface area is 195 Å². The Bertz CT molecular complexity index is 1110. The van der Waals surface area contributed by atoms with Gasteiger partial charge in [0, 0.05) is 56.6 Å². The van der Waals surface area contributed by atoms with Crippen molar-refractivity contribution in [1.29, 1.82) is 0 Å². The highest BCUT2D eigenvalue weighted by molar-refractivity contribution is 7.89. The van der Waals surface area contributed by atoms with E-state index in [1.54, 1.807) is 0 Å². The molecule has 0 bridgehead atoms. The second-order valence-corrected chi connectivity index (χ2v) is 10.8. The van der Waals surface area contributed by atoms with Crippen molar-refractivity contribution < 1.29 is 17.6 Å². The molecule has 0 atom stereocenters. The van der Waals surface area contributed by atoms with Crippen LogP contribution in [0.3, 0.4) is 0 Å². The van der Waals surface area contributed by atoms with Crippen LogP contribution in [0.4, 0.5) is 15.8 Å². The van der Waals surface area contributed by atoms with Gasteiger partial charge in [0.2, 0.25) is 15.9 Å². The molecule has 2 aromatic carbocycles. The molecule has 7 nitrogen and oxygen atoms in total. The molecule has 2 heterocycles. The van der Waals surface area contributed by atoms with Crippen LogP contribution in [0.5, 0.6) is 0 Å². The summed E-state index contributed by atoms with van der Waals surface area (Å²) < 4.78 is 40.8. The zero-order valence-electron chi connectivity index (χ0n) is 19.1. The number of amides is 1. The van der Waals surface area contributed by atoms with Crippen LogP contribution in [-0.2, 0) is 14.8 Å². The number of halogens is 1. The molecule has 1 N–H and O–H groups in total. The minimum atomic E-state index is -3.91. The van der Waals surface area contributed by atoms with Gasteiger partial charge >= 0.3 is 0 Å². The summed E-state index contributed by atoms with van der Waals surface area (Å²) in [5.74, 6) is -1.14. The predicted molar refractivity (Wildman–Crippen MR) is 127 cm³/mol. The standard InChI is InChI=1S/C24H31FN4O3S/c1-18-17-20(28-15-13-27(2)14-16-28)7-8-22(18)26-24(30)19-9-11-29(12-10-19)33(31,32)23-6-4-3-5-21(23)25/h3-8,17,19H,9-16H2,1-2H3,(H,26,30). The van der Waals surface area contributed by atoms with E-state index in [0.717, 1.165) is 49.2 Å². The molecule has 2 fully saturated rings. The lowest BCUT2D eigenvalue weighted by atomic mass is 9.97. The van der Waals surface area contributed by atoms with Gasteiger partial charge in [-0.15, -0.1) is 0 Å². The first-order chi connectivity index (χ1) is 15.8. The van der Waals surface area contributed by atoms with Gasteiger partial charge in [-0.3, -0.25) is 4.79 Å². The topological polar surface area (TPSA) is 73.0 Å². The summed E-state index contributed by atoms with van der Waals surface area (Å²) in [5.41, 5.74) is 2.93. The molecule has 0 aromatic heterocycles. The van der Waals surface area contributed by atoms with Gasteiger partial charge in [0.25, 0.3) is 0 Å². The third kappa shape index (κ3) is 5.20. The number of sulfonamides is 1. The Morgan fingerprint density at radius 2 is 1.67 bits per heavy atom. The summed E-state index contributed by atoms with van der Waals surface area (Å²) in [6, 6.07) is 11.5. The monoisotopic (exact) mass is 474 g/mol. The van der Waals surface area contributed by atoms with Gasteiger partial charge in [-0.25, -0.2) is 12.8 Å². The number of hydrogen-bond donors (Lipinski definition) is 1. The number of carbonyl (C=O) groups excluding carboxylic acids is 1. The largest absolute Gasteiger partial charge is 0.369 e. The van der Waals surface area contributed by atoms with Gasteiger partial charge in [0.1, 0.15) is 10.7 Å². The van der Waals surface area contributed by atoms with Crippen LogP contribution in [0.25, 0.3) is 0 Å². The van der Waals surface area contributed by atoms with E-state index in [-0.39, 0.29) is 29.8 Å². The van der Waals surface area contributed by atoms with Crippen LogP contribution in [0.15, 0.2) is 47.4 Å². The molecular weight excluding hydrogens is 443 g/mol. The van der Waals surface area contributed by atoms with Gasteiger partial charge in [0.15, 0.2) is 0 Å². The minimum absolute atomic E-state index is 0.103. The first kappa shape index (κ1) is 23.7. The fraction of sp³-hybridized carbons (Fsp3) is 0.458. The van der Waals surface area contributed by atoms with E-state index in [2.05, 4.69) is 28.2 Å². The van der Waals surface area contributed by atoms with E-state index in [1.807, 2.05) is 19.1 Å². The van der Waals surface area contributed by atoms with Crippen LogP contribution >= 0.6 is 0 Å². The Hall–Kier alpha value is -2.49. The number of nitrogens with zero attached hydrogens (tertiary/aromatic N) is 3. The van der Waals surface area contributed by atoms with E-state index in [4.69, 9.17) is 0 Å². The smallest absolute Gasteiger partial charge is 0.245 e. The first-order valence-electron chi connectivity index (χ1n) is 11.4. The van der Waals surface area contributed by atoms with E-state index in [1.165, 1.54) is 22.5 Å². The van der Waals surface area contributed by atoms with Crippen LogP contribution in [0.1, 0.15) is 18.4 Å². The number of piperazine rings is 1. The third-order valence-corrected chi connectivity index (χ3v) is 8.55. The summed E-state index contributed by atoms with van der Waals surface area (Å²) in [5, 5.41) is 3.02. The van der Waals surface area contributed by atoms with E-state index >= 15 is 0 Å². The average Bonchev–Trinajstić information content (AvgIpc) is 2.81. The van der Waals surface area contributed by atoms with E-state index in [9.17, 15) is 17.6 Å². The molecule has 0 aliphatic carbocycles. The maximum Gasteiger partial charge on any atom is 0.245 e. The zero-order valence-corrected chi connectivity index (χ0v) is 19.9. The van der Waals surface area contributed by atoms with Crippen molar-refractivity contribution in [2.45, 2.75) is 24.7 Å². The number of carbonyl (C=O) groups is 1. The number of aryl methyl sites for hydroxylation is 1. The molecule has 0 saturated carbocycles. The number of rotatable bonds is 5. The summed E-state index contributed by atoms with van der Waals surface area (Å²) in [7, 11) is -1.78. The molecule has 0 radical (unpaired) electrons. The number of piperidine rings is 1. The molecule has 2 aliphatic heterocycles. The molecule has 2 aliphatic rings. The summed E-state index contributed by atoms with van der Waals surface area (Å²) in [4.78, 5) is 17.2. The predicted octanol–water partition coefficient (Wildman–Crippen LogP) is 2.93. The molecule has 4 rings (SSSR count). The summed E-state index contributed by atoms with van der Waals surface area (Å²) >= 11 is 0. The van der Waals surface area contributed by atoms with Crippen molar-refractivity contribution >= 4 is 27.3 Å². The highest BCUT2D eigenvalue weighted by Crippen LogP contribution is 2.28. The van der Waals surface area contributed by atoms with Crippen LogP contribution < -0.4 is 10.2 Å². The SMILES string of the molecule is Cc1cc(N2CCN(C)CC2)ccc1NC(=O)C1CCN(S(=O)(=O)c2ccccc2F)CC1. The van der Waals surface area contributed by atoms with Crippen molar-refractivity contribution in [1.82, 2.24) is 9.21 Å². The van der Waals surface area contributed by atoms with Crippen molar-refractivity contribution in [3.05, 3.63) is 53.8 Å². The highest BCUT2D eigenvalue weighted by atomic mass is 32.2. The summed E-state index contributed by atoms with van der Waals surface area (Å²) in [6.45, 7) is 6.39. The molecule has 178 valence electrons. The van der Waals surface area contributed by atoms with Crippen LogP contribution in [-0.4, -0.2) is 69.8 Å². The van der Waals surface area contributed by atoms with Gasteiger partial charge in [-0.2, -0.15) is 4.31 Å². The Morgan fingerprint density at radius 3 is 2.30 bits per heavy atom. The van der Waals surface area contributed by atoms with Gasteiger partial charge in [-0.1, -0.05) is 12.1 Å². The molecule has 0 unspecified atom stereocenters. The Balaban J connectivity index is 1.35. The maximum atomic E-state index is 14.0. The number of anilines is 2. The number of nitrogens with one attached hydrogen (secondary N) is 1. The molecule has 2 saturated heterocycles. The highest BCUT2D eigenvalue weighted by Gasteiger charge is 2.33. The second kappa shape index (κ2) is 9.79. The van der Waals surface area contributed by atoms with Crippen molar-refractivity contribution in [3.63, 3.8) is 0 Å². The van der Waals surface area contributed by atoms with Gasteiger partial charge in [-0.05, 0) is 62.7 Å². The molecular formula is C24H31FN4O3S. The normalized spacial score (nSPS) is 18.9. The lowest BCUT2D eigenvalue weighted by Crippen LogP contribution is -2.44. The third-order valence-electron chi connectivity index (χ3n) is 6.62. The minimum Gasteiger partial charge on any atom is -0.369 e. The quantitative estimate of drug-likeness (QED) is 0.722. The number of likely N-dealkylation sites (N-methyl/N-ethyl adjacent to an activating group) is 1. The van der Waals surface area contributed by atoms with Crippen molar-refractivity contribution in [3.8, 4) is 0 Å². The number of hydrogen-bond acceptors (Lipinski definition) is 5. The fourth-order valence-corrected chi connectivity index (χ4v) is 5.97. The van der Waals surface area contributed by atoms with E-state index < -0.39 is 15.8 Å². The fourth-order valence-electron chi connectivity index (χ4n) is 4.44. The summed E-state index contributed by atoms with van der Waals surface area (Å²) in [6.07, 6.45) is 0.801.